The van der Waals surface area contributed by atoms with Crippen molar-refractivity contribution in [3.05, 3.63) is 35.4 Å². The van der Waals surface area contributed by atoms with Crippen LogP contribution < -0.4 is 5.32 Å². The van der Waals surface area contributed by atoms with Crippen LogP contribution in [0.2, 0.25) is 0 Å². The Kier molecular flexibility index (Phi) is 5.21. The number of hydrogen-bond acceptors (Lipinski definition) is 1. The molecule has 1 rings (SSSR count). The highest BCUT2D eigenvalue weighted by atomic mass is 35.5. The topological polar surface area (TPSA) is 29.1 Å². The van der Waals surface area contributed by atoms with Gasteiger partial charge in [0, 0.05) is 12.1 Å². The summed E-state index contributed by atoms with van der Waals surface area (Å²) < 4.78 is 0. The van der Waals surface area contributed by atoms with Crippen molar-refractivity contribution in [3.63, 3.8) is 0 Å². The zero-order chi connectivity index (χ0) is 13.8. The summed E-state index contributed by atoms with van der Waals surface area (Å²) in [5.41, 5.74) is 2.01. The maximum absolute atomic E-state index is 11.9. The van der Waals surface area contributed by atoms with Crippen LogP contribution in [0.25, 0.3) is 0 Å². The molecule has 0 aliphatic heterocycles. The van der Waals surface area contributed by atoms with Gasteiger partial charge < -0.3 is 5.32 Å². The molecular weight excluding hydrogens is 246 g/mol. The van der Waals surface area contributed by atoms with Gasteiger partial charge in [0.1, 0.15) is 0 Å². The first-order chi connectivity index (χ1) is 8.28. The molecule has 0 saturated heterocycles. The van der Waals surface area contributed by atoms with Crippen molar-refractivity contribution in [2.45, 2.75) is 39.5 Å². The van der Waals surface area contributed by atoms with E-state index < -0.39 is 0 Å². The minimum atomic E-state index is -0.0606. The van der Waals surface area contributed by atoms with Crippen LogP contribution in [0.15, 0.2) is 24.3 Å². The lowest BCUT2D eigenvalue weighted by molar-refractivity contribution is 0.0952. The number of amides is 1. The van der Waals surface area contributed by atoms with Gasteiger partial charge in [0.25, 0.3) is 5.91 Å². The van der Waals surface area contributed by atoms with E-state index in [4.69, 9.17) is 11.6 Å². The molecule has 1 atom stereocenters. The molecular formula is C15H22ClNO. The number of rotatable bonds is 4. The molecule has 1 aromatic carbocycles. The van der Waals surface area contributed by atoms with E-state index in [-0.39, 0.29) is 16.7 Å². The maximum atomic E-state index is 11.9. The van der Waals surface area contributed by atoms with E-state index in [1.807, 2.05) is 31.2 Å². The van der Waals surface area contributed by atoms with Crippen molar-refractivity contribution in [2.24, 2.45) is 5.41 Å². The van der Waals surface area contributed by atoms with Gasteiger partial charge in [-0.1, -0.05) is 38.5 Å². The third-order valence-electron chi connectivity index (χ3n) is 2.63. The zero-order valence-electron chi connectivity index (χ0n) is 11.6. The Hall–Kier alpha value is -1.02. The fourth-order valence-corrected chi connectivity index (χ4v) is 2.29. The summed E-state index contributed by atoms with van der Waals surface area (Å²) in [6.07, 6.45) is 0.878. The molecule has 1 N–H and O–H groups in total. The van der Waals surface area contributed by atoms with Crippen LogP contribution in [0.5, 0.6) is 0 Å². The quantitative estimate of drug-likeness (QED) is 0.827. The first kappa shape index (κ1) is 15.0. The molecule has 100 valence electrons. The van der Waals surface area contributed by atoms with Crippen LogP contribution in [0.3, 0.4) is 0 Å². The van der Waals surface area contributed by atoms with E-state index in [1.54, 1.807) is 0 Å². The summed E-state index contributed by atoms with van der Waals surface area (Å²) >= 11 is 6.21. The minimum Gasteiger partial charge on any atom is -0.351 e. The van der Waals surface area contributed by atoms with Gasteiger partial charge in [-0.05, 0) is 30.9 Å². The molecule has 0 saturated carbocycles. The van der Waals surface area contributed by atoms with Gasteiger partial charge in [-0.2, -0.15) is 0 Å². The Morgan fingerprint density at radius 2 is 1.83 bits per heavy atom. The summed E-state index contributed by atoms with van der Waals surface area (Å²) in [6.45, 7) is 8.93. The van der Waals surface area contributed by atoms with Crippen LogP contribution in [-0.2, 0) is 0 Å². The Balaban J connectivity index is 2.44. The van der Waals surface area contributed by atoms with Crippen LogP contribution in [0, 0.1) is 12.3 Å². The average Bonchev–Trinajstić information content (AvgIpc) is 2.24. The molecule has 0 radical (unpaired) electrons. The third-order valence-corrected chi connectivity index (χ3v) is 2.94. The molecule has 0 aromatic heterocycles. The molecule has 0 aliphatic rings. The van der Waals surface area contributed by atoms with Gasteiger partial charge in [0.05, 0.1) is 5.38 Å². The molecule has 1 amide bonds. The van der Waals surface area contributed by atoms with E-state index in [9.17, 15) is 4.79 Å². The van der Waals surface area contributed by atoms with Crippen LogP contribution in [0.4, 0.5) is 0 Å². The predicted octanol–water partition coefficient (Wildman–Crippen LogP) is 3.77. The van der Waals surface area contributed by atoms with Gasteiger partial charge >= 0.3 is 0 Å². The molecule has 1 unspecified atom stereocenters. The van der Waals surface area contributed by atoms with Crippen molar-refractivity contribution >= 4 is 17.5 Å². The number of benzene rings is 1. The Labute approximate surface area is 115 Å². The number of alkyl halides is 1. The van der Waals surface area contributed by atoms with Crippen molar-refractivity contribution in [1.82, 2.24) is 5.32 Å². The molecule has 0 heterocycles. The minimum absolute atomic E-state index is 0.0283. The molecule has 3 heteroatoms. The maximum Gasteiger partial charge on any atom is 0.251 e. The standard InChI is InChI=1S/C15H22ClNO/c1-11-5-7-12(8-6-11)14(18)17-10-13(16)9-15(2,3)4/h5-8,13H,9-10H2,1-4H3,(H,17,18). The van der Waals surface area contributed by atoms with Crippen molar-refractivity contribution in [1.29, 1.82) is 0 Å². The Bertz CT molecular complexity index is 392. The van der Waals surface area contributed by atoms with Gasteiger partial charge in [-0.15, -0.1) is 11.6 Å². The van der Waals surface area contributed by atoms with Gasteiger partial charge in [-0.3, -0.25) is 4.79 Å². The normalized spacial score (nSPS) is 13.2. The number of nitrogens with one attached hydrogen (secondary N) is 1. The largest absolute Gasteiger partial charge is 0.351 e. The number of carbonyl (C=O) groups is 1. The van der Waals surface area contributed by atoms with E-state index in [0.29, 0.717) is 12.1 Å². The second kappa shape index (κ2) is 6.24. The highest BCUT2D eigenvalue weighted by Gasteiger charge is 2.17. The first-order valence-corrected chi connectivity index (χ1v) is 6.70. The molecule has 1 aromatic rings. The molecule has 18 heavy (non-hydrogen) atoms. The van der Waals surface area contributed by atoms with Crippen molar-refractivity contribution < 1.29 is 4.79 Å². The lowest BCUT2D eigenvalue weighted by Crippen LogP contribution is -2.31. The zero-order valence-corrected chi connectivity index (χ0v) is 12.3. The number of halogens is 1. The summed E-state index contributed by atoms with van der Waals surface area (Å²) in [7, 11) is 0. The summed E-state index contributed by atoms with van der Waals surface area (Å²) in [4.78, 5) is 11.9. The van der Waals surface area contributed by atoms with E-state index in [1.165, 1.54) is 0 Å². The van der Waals surface area contributed by atoms with Crippen LogP contribution in [-0.4, -0.2) is 17.8 Å². The molecule has 0 spiro atoms. The summed E-state index contributed by atoms with van der Waals surface area (Å²) in [5, 5.41) is 2.84. The second-order valence-electron chi connectivity index (χ2n) is 5.94. The highest BCUT2D eigenvalue weighted by molar-refractivity contribution is 6.21. The number of aryl methyl sites for hydroxylation is 1. The molecule has 0 aliphatic carbocycles. The number of carbonyl (C=O) groups excluding carboxylic acids is 1. The fraction of sp³-hybridized carbons (Fsp3) is 0.533. The van der Waals surface area contributed by atoms with Gasteiger partial charge in [0.2, 0.25) is 0 Å². The van der Waals surface area contributed by atoms with E-state index >= 15 is 0 Å². The second-order valence-corrected chi connectivity index (χ2v) is 6.56. The Morgan fingerprint density at radius 3 is 2.33 bits per heavy atom. The van der Waals surface area contributed by atoms with Crippen molar-refractivity contribution in [3.8, 4) is 0 Å². The first-order valence-electron chi connectivity index (χ1n) is 6.27. The smallest absolute Gasteiger partial charge is 0.251 e. The van der Waals surface area contributed by atoms with E-state index in [0.717, 1.165) is 12.0 Å². The van der Waals surface area contributed by atoms with Crippen LogP contribution in [0.1, 0.15) is 43.1 Å². The van der Waals surface area contributed by atoms with E-state index in [2.05, 4.69) is 26.1 Å². The fourth-order valence-electron chi connectivity index (χ4n) is 1.75. The van der Waals surface area contributed by atoms with Crippen molar-refractivity contribution in [2.75, 3.05) is 6.54 Å². The SMILES string of the molecule is Cc1ccc(C(=O)NCC(Cl)CC(C)(C)C)cc1. The predicted molar refractivity (Wildman–Crippen MR) is 77.2 cm³/mol. The highest BCUT2D eigenvalue weighted by Crippen LogP contribution is 2.23. The third kappa shape index (κ3) is 5.54. The number of hydrogen-bond donors (Lipinski definition) is 1. The Morgan fingerprint density at radius 1 is 1.28 bits per heavy atom. The monoisotopic (exact) mass is 267 g/mol. The molecule has 0 bridgehead atoms. The molecule has 2 nitrogen and oxygen atoms in total. The molecule has 0 fully saturated rings. The van der Waals surface area contributed by atoms with Gasteiger partial charge in [-0.25, -0.2) is 0 Å². The van der Waals surface area contributed by atoms with Crippen LogP contribution >= 0.6 is 11.6 Å². The lowest BCUT2D eigenvalue weighted by atomic mass is 9.90. The lowest BCUT2D eigenvalue weighted by Gasteiger charge is -2.22. The average molecular weight is 268 g/mol. The van der Waals surface area contributed by atoms with Gasteiger partial charge in [0.15, 0.2) is 0 Å². The summed E-state index contributed by atoms with van der Waals surface area (Å²) in [5.74, 6) is -0.0606. The summed E-state index contributed by atoms with van der Waals surface area (Å²) in [6, 6.07) is 7.53.